The molecule has 0 bridgehead atoms. The maximum atomic E-state index is 13.2. The van der Waals surface area contributed by atoms with Gasteiger partial charge in [-0.15, -0.1) is 0 Å². The highest BCUT2D eigenvalue weighted by Gasteiger charge is 2.49. The lowest BCUT2D eigenvalue weighted by Crippen LogP contribution is -2.31. The number of amides is 1. The van der Waals surface area contributed by atoms with Crippen LogP contribution in [-0.2, 0) is 11.0 Å². The van der Waals surface area contributed by atoms with Gasteiger partial charge in [-0.1, -0.05) is 48.5 Å². The third kappa shape index (κ3) is 3.55. The van der Waals surface area contributed by atoms with Gasteiger partial charge in [-0.2, -0.15) is 13.2 Å². The second-order valence-electron chi connectivity index (χ2n) is 6.57. The van der Waals surface area contributed by atoms with E-state index in [1.165, 1.54) is 12.1 Å². The number of rotatable bonds is 4. The Labute approximate surface area is 145 Å². The summed E-state index contributed by atoms with van der Waals surface area (Å²) in [6, 6.07) is 15.0. The zero-order valence-electron chi connectivity index (χ0n) is 14.1. The summed E-state index contributed by atoms with van der Waals surface area (Å²) in [6.07, 6.45) is -3.92. The van der Waals surface area contributed by atoms with Crippen LogP contribution in [0.5, 0.6) is 0 Å². The van der Waals surface area contributed by atoms with Crippen molar-refractivity contribution in [2.75, 3.05) is 7.05 Å². The van der Waals surface area contributed by atoms with E-state index >= 15 is 0 Å². The molecular formula is C20H20F3NO. The van der Waals surface area contributed by atoms with Crippen LogP contribution in [0.15, 0.2) is 54.6 Å². The van der Waals surface area contributed by atoms with Gasteiger partial charge in [0.1, 0.15) is 0 Å². The predicted octanol–water partition coefficient (Wildman–Crippen LogP) is 5.03. The fourth-order valence-electron chi connectivity index (χ4n) is 3.30. The molecule has 1 fully saturated rings. The second kappa shape index (κ2) is 6.54. The maximum absolute atomic E-state index is 13.2. The number of nitrogens with zero attached hydrogens (tertiary/aromatic N) is 1. The van der Waals surface area contributed by atoms with E-state index in [0.29, 0.717) is 6.42 Å². The zero-order chi connectivity index (χ0) is 18.2. The summed E-state index contributed by atoms with van der Waals surface area (Å²) in [4.78, 5) is 14.3. The highest BCUT2D eigenvalue weighted by atomic mass is 19.4. The lowest BCUT2D eigenvalue weighted by molar-refractivity contribution is -0.138. The molecule has 2 aromatic rings. The number of carbonyl (C=O) groups excluding carboxylic acids is 1. The first-order valence-electron chi connectivity index (χ1n) is 8.28. The second-order valence-corrected chi connectivity index (χ2v) is 6.57. The van der Waals surface area contributed by atoms with Crippen LogP contribution in [-0.4, -0.2) is 17.9 Å². The van der Waals surface area contributed by atoms with Crippen molar-refractivity contribution in [3.8, 4) is 0 Å². The van der Waals surface area contributed by atoms with Crippen LogP contribution in [0.25, 0.3) is 0 Å². The van der Waals surface area contributed by atoms with E-state index in [0.717, 1.165) is 11.6 Å². The molecule has 3 atom stereocenters. The van der Waals surface area contributed by atoms with Crippen molar-refractivity contribution in [2.24, 2.45) is 5.92 Å². The summed E-state index contributed by atoms with van der Waals surface area (Å²) in [7, 11) is 1.71. The van der Waals surface area contributed by atoms with Gasteiger partial charge in [0, 0.05) is 13.0 Å². The highest BCUT2D eigenvalue weighted by Crippen LogP contribution is 2.52. The van der Waals surface area contributed by atoms with Gasteiger partial charge in [0.2, 0.25) is 5.91 Å². The molecular weight excluding hydrogens is 327 g/mol. The molecule has 0 radical (unpaired) electrons. The van der Waals surface area contributed by atoms with Crippen molar-refractivity contribution in [3.63, 3.8) is 0 Å². The number of carbonyl (C=O) groups is 1. The van der Waals surface area contributed by atoms with E-state index in [-0.39, 0.29) is 29.3 Å². The standard InChI is InChI=1S/C20H20F3NO/c1-13(14-8-4-3-5-9-14)24(2)19(25)17-12-16(17)15-10-6-7-11-18(15)20(21,22)23/h3-11,13,16-17H,12H2,1-2H3. The van der Waals surface area contributed by atoms with Gasteiger partial charge in [0.05, 0.1) is 11.6 Å². The van der Waals surface area contributed by atoms with Crippen LogP contribution in [0.3, 0.4) is 0 Å². The minimum absolute atomic E-state index is 0.0988. The zero-order valence-corrected chi connectivity index (χ0v) is 14.1. The Morgan fingerprint density at radius 2 is 1.68 bits per heavy atom. The lowest BCUT2D eigenvalue weighted by atomic mass is 10.0. The SMILES string of the molecule is CC(c1ccccc1)N(C)C(=O)C1CC1c1ccccc1C(F)(F)F. The Balaban J connectivity index is 1.75. The Bertz CT molecular complexity index is 757. The number of hydrogen-bond acceptors (Lipinski definition) is 1. The fraction of sp³-hybridized carbons (Fsp3) is 0.350. The van der Waals surface area contributed by atoms with Gasteiger partial charge in [0.25, 0.3) is 0 Å². The van der Waals surface area contributed by atoms with Gasteiger partial charge < -0.3 is 4.90 Å². The van der Waals surface area contributed by atoms with Crippen molar-refractivity contribution < 1.29 is 18.0 Å². The summed E-state index contributed by atoms with van der Waals surface area (Å²) in [6.45, 7) is 1.92. The van der Waals surface area contributed by atoms with E-state index < -0.39 is 11.7 Å². The first-order valence-corrected chi connectivity index (χ1v) is 8.28. The average molecular weight is 347 g/mol. The Kier molecular flexibility index (Phi) is 4.58. The molecule has 25 heavy (non-hydrogen) atoms. The largest absolute Gasteiger partial charge is 0.416 e. The van der Waals surface area contributed by atoms with Crippen LogP contribution in [0, 0.1) is 5.92 Å². The first kappa shape index (κ1) is 17.5. The normalized spacial score (nSPS) is 20.8. The van der Waals surface area contributed by atoms with Gasteiger partial charge >= 0.3 is 6.18 Å². The Morgan fingerprint density at radius 1 is 1.08 bits per heavy atom. The first-order chi connectivity index (χ1) is 11.8. The molecule has 2 nitrogen and oxygen atoms in total. The van der Waals surface area contributed by atoms with E-state index in [2.05, 4.69) is 0 Å². The van der Waals surface area contributed by atoms with E-state index in [9.17, 15) is 18.0 Å². The molecule has 0 aliphatic heterocycles. The minimum Gasteiger partial charge on any atom is -0.339 e. The van der Waals surface area contributed by atoms with Gasteiger partial charge in [-0.3, -0.25) is 4.79 Å². The van der Waals surface area contributed by atoms with E-state index in [4.69, 9.17) is 0 Å². The third-order valence-corrected chi connectivity index (χ3v) is 4.98. The van der Waals surface area contributed by atoms with Crippen LogP contribution in [0.1, 0.15) is 42.0 Å². The topological polar surface area (TPSA) is 20.3 Å². The average Bonchev–Trinajstić information content (AvgIpc) is 3.40. The predicted molar refractivity (Wildman–Crippen MR) is 89.9 cm³/mol. The molecule has 3 rings (SSSR count). The number of hydrogen-bond donors (Lipinski definition) is 0. The maximum Gasteiger partial charge on any atom is 0.416 e. The molecule has 1 aliphatic rings. The number of benzene rings is 2. The number of halogens is 3. The summed E-state index contributed by atoms with van der Waals surface area (Å²) in [5, 5.41) is 0. The summed E-state index contributed by atoms with van der Waals surface area (Å²) >= 11 is 0. The summed E-state index contributed by atoms with van der Waals surface area (Å²) in [5.41, 5.74) is 0.606. The van der Waals surface area contributed by atoms with Gasteiger partial charge in [0.15, 0.2) is 0 Å². The minimum atomic E-state index is -4.39. The van der Waals surface area contributed by atoms with Crippen molar-refractivity contribution in [3.05, 3.63) is 71.3 Å². The Hall–Kier alpha value is -2.30. The quantitative estimate of drug-likeness (QED) is 0.760. The molecule has 5 heteroatoms. The molecule has 0 N–H and O–H groups in total. The van der Waals surface area contributed by atoms with Crippen molar-refractivity contribution in [2.45, 2.75) is 31.5 Å². The molecule has 132 valence electrons. The molecule has 0 heterocycles. The van der Waals surface area contributed by atoms with Crippen LogP contribution >= 0.6 is 0 Å². The lowest BCUT2D eigenvalue weighted by Gasteiger charge is -2.25. The molecule has 3 unspecified atom stereocenters. The fourth-order valence-corrected chi connectivity index (χ4v) is 3.30. The van der Waals surface area contributed by atoms with Crippen molar-refractivity contribution in [1.82, 2.24) is 4.90 Å². The summed E-state index contributed by atoms with van der Waals surface area (Å²) < 4.78 is 39.5. The van der Waals surface area contributed by atoms with Crippen LogP contribution in [0.4, 0.5) is 13.2 Å². The Morgan fingerprint density at radius 3 is 2.32 bits per heavy atom. The molecule has 1 amide bonds. The summed E-state index contributed by atoms with van der Waals surface area (Å²) in [5.74, 6) is -0.825. The molecule has 2 aromatic carbocycles. The van der Waals surface area contributed by atoms with Gasteiger partial charge in [-0.05, 0) is 36.5 Å². The van der Waals surface area contributed by atoms with E-state index in [1.807, 2.05) is 37.3 Å². The smallest absolute Gasteiger partial charge is 0.339 e. The highest BCUT2D eigenvalue weighted by molar-refractivity contribution is 5.83. The van der Waals surface area contributed by atoms with E-state index in [1.54, 1.807) is 18.0 Å². The van der Waals surface area contributed by atoms with Crippen molar-refractivity contribution >= 4 is 5.91 Å². The van der Waals surface area contributed by atoms with Crippen LogP contribution in [0.2, 0.25) is 0 Å². The monoisotopic (exact) mass is 347 g/mol. The number of alkyl halides is 3. The molecule has 0 aromatic heterocycles. The molecule has 0 saturated heterocycles. The molecule has 1 saturated carbocycles. The van der Waals surface area contributed by atoms with Gasteiger partial charge in [-0.25, -0.2) is 0 Å². The third-order valence-electron chi connectivity index (χ3n) is 4.98. The molecule has 0 spiro atoms. The van der Waals surface area contributed by atoms with Crippen LogP contribution < -0.4 is 0 Å². The van der Waals surface area contributed by atoms with Crippen molar-refractivity contribution in [1.29, 1.82) is 0 Å². The molecule has 1 aliphatic carbocycles.